The van der Waals surface area contributed by atoms with Gasteiger partial charge >= 0.3 is 0 Å². The molecule has 1 amide bonds. The van der Waals surface area contributed by atoms with Crippen molar-refractivity contribution >= 4 is 5.91 Å². The highest BCUT2D eigenvalue weighted by Gasteiger charge is 2.23. The average molecular weight is 296 g/mol. The Morgan fingerprint density at radius 1 is 1.32 bits per heavy atom. The van der Waals surface area contributed by atoms with E-state index in [1.807, 2.05) is 36.5 Å². The lowest BCUT2D eigenvalue weighted by Gasteiger charge is -2.14. The van der Waals surface area contributed by atoms with Gasteiger partial charge in [-0.15, -0.1) is 0 Å². The number of para-hydroxylation sites is 1. The maximum absolute atomic E-state index is 12.1. The van der Waals surface area contributed by atoms with Crippen molar-refractivity contribution in [3.63, 3.8) is 0 Å². The van der Waals surface area contributed by atoms with E-state index in [1.165, 1.54) is 18.4 Å². The van der Waals surface area contributed by atoms with Gasteiger partial charge in [0.1, 0.15) is 5.75 Å². The second-order valence-corrected chi connectivity index (χ2v) is 5.69. The molecule has 1 aliphatic carbocycles. The smallest absolute Gasteiger partial charge is 0.261 e. The fourth-order valence-electron chi connectivity index (χ4n) is 2.33. The molecule has 1 unspecified atom stereocenters. The Morgan fingerprint density at radius 2 is 2.09 bits per heavy atom. The molecule has 2 aromatic rings. The monoisotopic (exact) mass is 296 g/mol. The summed E-state index contributed by atoms with van der Waals surface area (Å²) >= 11 is 0. The summed E-state index contributed by atoms with van der Waals surface area (Å²) in [4.78, 5) is 16.3. The lowest BCUT2D eigenvalue weighted by molar-refractivity contribution is -0.127. The third-order valence-corrected chi connectivity index (χ3v) is 3.76. The van der Waals surface area contributed by atoms with Gasteiger partial charge in [-0.3, -0.25) is 9.78 Å². The van der Waals surface area contributed by atoms with Crippen LogP contribution < -0.4 is 10.1 Å². The van der Waals surface area contributed by atoms with Crippen LogP contribution in [0.25, 0.3) is 0 Å². The summed E-state index contributed by atoms with van der Waals surface area (Å²) in [6.07, 6.45) is 5.69. The standard InChI is InChI=1S/C18H20N2O2/c1-13(22-17-5-3-2-4-6-17)18(21)20-11-14-9-16(12-19-10-14)15-7-8-15/h2-6,9-10,12-13,15H,7-8,11H2,1H3,(H,20,21). The minimum Gasteiger partial charge on any atom is -0.481 e. The Labute approximate surface area is 130 Å². The van der Waals surface area contributed by atoms with Crippen LogP contribution in [0.3, 0.4) is 0 Å². The number of pyridine rings is 1. The number of hydrogen-bond acceptors (Lipinski definition) is 3. The molecule has 1 atom stereocenters. The largest absolute Gasteiger partial charge is 0.481 e. The Morgan fingerprint density at radius 3 is 2.82 bits per heavy atom. The second kappa shape index (κ2) is 6.60. The molecule has 1 N–H and O–H groups in total. The molecule has 0 bridgehead atoms. The fourth-order valence-corrected chi connectivity index (χ4v) is 2.33. The first-order chi connectivity index (χ1) is 10.7. The van der Waals surface area contributed by atoms with Crippen LogP contribution in [0.5, 0.6) is 5.75 Å². The van der Waals surface area contributed by atoms with Crippen LogP contribution in [-0.4, -0.2) is 17.0 Å². The molecule has 4 heteroatoms. The van der Waals surface area contributed by atoms with E-state index < -0.39 is 6.10 Å². The molecule has 0 radical (unpaired) electrons. The lowest BCUT2D eigenvalue weighted by atomic mass is 10.1. The van der Waals surface area contributed by atoms with Crippen LogP contribution in [0.2, 0.25) is 0 Å². The zero-order chi connectivity index (χ0) is 15.4. The van der Waals surface area contributed by atoms with Crippen molar-refractivity contribution < 1.29 is 9.53 Å². The number of hydrogen-bond donors (Lipinski definition) is 1. The van der Waals surface area contributed by atoms with Crippen molar-refractivity contribution in [3.05, 3.63) is 59.9 Å². The predicted octanol–water partition coefficient (Wildman–Crippen LogP) is 3.04. The van der Waals surface area contributed by atoms with E-state index in [0.29, 0.717) is 18.2 Å². The zero-order valence-corrected chi connectivity index (χ0v) is 12.7. The molecular formula is C18H20N2O2. The van der Waals surface area contributed by atoms with Crippen molar-refractivity contribution in [1.29, 1.82) is 0 Å². The maximum atomic E-state index is 12.1. The van der Waals surface area contributed by atoms with Crippen LogP contribution in [0.1, 0.15) is 36.8 Å². The van der Waals surface area contributed by atoms with Crippen molar-refractivity contribution in [2.75, 3.05) is 0 Å². The fraction of sp³-hybridized carbons (Fsp3) is 0.333. The quantitative estimate of drug-likeness (QED) is 0.891. The van der Waals surface area contributed by atoms with E-state index in [2.05, 4.69) is 16.4 Å². The molecule has 22 heavy (non-hydrogen) atoms. The van der Waals surface area contributed by atoms with Gasteiger partial charge in [-0.2, -0.15) is 0 Å². The third-order valence-electron chi connectivity index (χ3n) is 3.76. The van der Waals surface area contributed by atoms with Gasteiger partial charge in [-0.1, -0.05) is 24.3 Å². The number of rotatable bonds is 6. The Kier molecular flexibility index (Phi) is 4.37. The van der Waals surface area contributed by atoms with E-state index >= 15 is 0 Å². The Bertz CT molecular complexity index is 639. The molecule has 114 valence electrons. The summed E-state index contributed by atoms with van der Waals surface area (Å²) in [6, 6.07) is 11.5. The van der Waals surface area contributed by atoms with E-state index in [-0.39, 0.29) is 5.91 Å². The Hall–Kier alpha value is -2.36. The summed E-state index contributed by atoms with van der Waals surface area (Å²) in [5.41, 5.74) is 2.31. The number of nitrogens with one attached hydrogen (secondary N) is 1. The van der Waals surface area contributed by atoms with Gasteiger partial charge < -0.3 is 10.1 Å². The number of carbonyl (C=O) groups is 1. The van der Waals surface area contributed by atoms with Crippen molar-refractivity contribution in [3.8, 4) is 5.75 Å². The number of benzene rings is 1. The van der Waals surface area contributed by atoms with Crippen LogP contribution in [0.4, 0.5) is 0 Å². The van der Waals surface area contributed by atoms with E-state index in [9.17, 15) is 4.79 Å². The molecule has 0 saturated heterocycles. The summed E-state index contributed by atoms with van der Waals surface area (Å²) in [5.74, 6) is 1.24. The molecule has 1 saturated carbocycles. The van der Waals surface area contributed by atoms with Gasteiger partial charge in [-0.25, -0.2) is 0 Å². The molecule has 1 aromatic carbocycles. The van der Waals surface area contributed by atoms with Crippen LogP contribution in [0.15, 0.2) is 48.8 Å². The number of carbonyl (C=O) groups excluding carboxylic acids is 1. The molecule has 4 nitrogen and oxygen atoms in total. The van der Waals surface area contributed by atoms with Gasteiger partial charge in [0.25, 0.3) is 5.91 Å². The summed E-state index contributed by atoms with van der Waals surface area (Å²) in [6.45, 7) is 2.23. The van der Waals surface area contributed by atoms with Crippen LogP contribution >= 0.6 is 0 Å². The van der Waals surface area contributed by atoms with E-state index in [1.54, 1.807) is 13.1 Å². The number of aromatic nitrogens is 1. The predicted molar refractivity (Wildman–Crippen MR) is 84.6 cm³/mol. The molecule has 3 rings (SSSR count). The zero-order valence-electron chi connectivity index (χ0n) is 12.7. The van der Waals surface area contributed by atoms with E-state index in [0.717, 1.165) is 5.56 Å². The highest BCUT2D eigenvalue weighted by atomic mass is 16.5. The first kappa shape index (κ1) is 14.6. The number of amides is 1. The van der Waals surface area contributed by atoms with Gasteiger partial charge in [0.2, 0.25) is 0 Å². The van der Waals surface area contributed by atoms with Crippen LogP contribution in [-0.2, 0) is 11.3 Å². The van der Waals surface area contributed by atoms with Gasteiger partial charge in [0.15, 0.2) is 6.10 Å². The minimum atomic E-state index is -0.526. The summed E-state index contributed by atoms with van der Waals surface area (Å²) in [5, 5.41) is 2.90. The van der Waals surface area contributed by atoms with Crippen molar-refractivity contribution in [1.82, 2.24) is 10.3 Å². The second-order valence-electron chi connectivity index (χ2n) is 5.69. The minimum absolute atomic E-state index is 0.124. The maximum Gasteiger partial charge on any atom is 0.261 e. The topological polar surface area (TPSA) is 51.2 Å². The number of ether oxygens (including phenoxy) is 1. The molecule has 1 heterocycles. The van der Waals surface area contributed by atoms with Crippen molar-refractivity contribution in [2.24, 2.45) is 0 Å². The normalized spacial score (nSPS) is 15.1. The molecule has 0 spiro atoms. The molecule has 1 aliphatic rings. The third kappa shape index (κ3) is 3.85. The highest BCUT2D eigenvalue weighted by molar-refractivity contribution is 5.80. The molecule has 1 aromatic heterocycles. The molecule has 0 aliphatic heterocycles. The average Bonchev–Trinajstić information content (AvgIpc) is 3.39. The highest BCUT2D eigenvalue weighted by Crippen LogP contribution is 2.39. The number of nitrogens with zero attached hydrogens (tertiary/aromatic N) is 1. The first-order valence-corrected chi connectivity index (χ1v) is 7.65. The van der Waals surface area contributed by atoms with Gasteiger partial charge in [0, 0.05) is 18.9 Å². The summed E-state index contributed by atoms with van der Waals surface area (Å²) < 4.78 is 5.61. The van der Waals surface area contributed by atoms with Crippen molar-refractivity contribution in [2.45, 2.75) is 38.3 Å². The van der Waals surface area contributed by atoms with E-state index in [4.69, 9.17) is 4.74 Å². The lowest BCUT2D eigenvalue weighted by Crippen LogP contribution is -2.35. The van der Waals surface area contributed by atoms with Gasteiger partial charge in [-0.05, 0) is 48.9 Å². The van der Waals surface area contributed by atoms with Crippen LogP contribution in [0, 0.1) is 0 Å². The Balaban J connectivity index is 1.52. The summed E-state index contributed by atoms with van der Waals surface area (Å²) in [7, 11) is 0. The first-order valence-electron chi connectivity index (χ1n) is 7.65. The molecule has 1 fully saturated rings. The van der Waals surface area contributed by atoms with Gasteiger partial charge in [0.05, 0.1) is 0 Å². The SMILES string of the molecule is CC(Oc1ccccc1)C(=O)NCc1cncc(C2CC2)c1. The molecular weight excluding hydrogens is 276 g/mol.